The molecule has 1 N–H and O–H groups in total. The van der Waals surface area contributed by atoms with Gasteiger partial charge in [-0.2, -0.15) is 0 Å². The number of Topliss-reactive ketones (excluding diaryl/α,β-unsaturated/α-hetero) is 1. The van der Waals surface area contributed by atoms with Crippen LogP contribution in [0.15, 0.2) is 59.8 Å². The normalized spacial score (nSPS) is 40.0. The molecular formula is C30H42O7. The summed E-state index contributed by atoms with van der Waals surface area (Å²) in [6.07, 6.45) is 14.2. The summed E-state index contributed by atoms with van der Waals surface area (Å²) in [4.78, 5) is 25.8. The average Bonchev–Trinajstić information content (AvgIpc) is 3.75. The Morgan fingerprint density at radius 3 is 2.43 bits per heavy atom. The summed E-state index contributed by atoms with van der Waals surface area (Å²) in [6.45, 7) is 11.0. The lowest BCUT2D eigenvalue weighted by molar-refractivity contribution is -0.146. The highest BCUT2D eigenvalue weighted by Crippen LogP contribution is 2.40. The van der Waals surface area contributed by atoms with E-state index >= 15 is 0 Å². The average molecular weight is 515 g/mol. The number of aliphatic hydroxyl groups excluding tert-OH is 1. The summed E-state index contributed by atoms with van der Waals surface area (Å²) < 4.78 is 22.8. The summed E-state index contributed by atoms with van der Waals surface area (Å²) >= 11 is 0. The maximum atomic E-state index is 13.0. The molecule has 0 aromatic carbocycles. The summed E-state index contributed by atoms with van der Waals surface area (Å²) in [7, 11) is 1.61. The molecule has 9 atom stereocenters. The molecule has 0 spiro atoms. The van der Waals surface area contributed by atoms with Gasteiger partial charge in [-0.25, -0.2) is 4.79 Å². The third-order valence-corrected chi connectivity index (χ3v) is 7.47. The van der Waals surface area contributed by atoms with E-state index in [1.165, 1.54) is 0 Å². The number of hydrogen-bond donors (Lipinski definition) is 1. The largest absolute Gasteiger partial charge is 0.454 e. The monoisotopic (exact) mass is 514 g/mol. The molecule has 0 unspecified atom stereocenters. The zero-order valence-corrected chi connectivity index (χ0v) is 23.0. The number of ketones is 1. The molecule has 0 aliphatic carbocycles. The minimum Gasteiger partial charge on any atom is -0.454 e. The zero-order valence-electron chi connectivity index (χ0n) is 23.0. The molecule has 204 valence electrons. The van der Waals surface area contributed by atoms with E-state index in [9.17, 15) is 14.7 Å². The van der Waals surface area contributed by atoms with Gasteiger partial charge in [-0.1, -0.05) is 56.4 Å². The van der Waals surface area contributed by atoms with Gasteiger partial charge in [0.25, 0.3) is 0 Å². The fourth-order valence-corrected chi connectivity index (χ4v) is 4.46. The lowest BCUT2D eigenvalue weighted by atomic mass is 9.92. The van der Waals surface area contributed by atoms with Gasteiger partial charge in [0.05, 0.1) is 24.4 Å². The van der Waals surface area contributed by atoms with E-state index in [4.69, 9.17) is 18.9 Å². The van der Waals surface area contributed by atoms with Crippen LogP contribution in [0.25, 0.3) is 0 Å². The van der Waals surface area contributed by atoms with Crippen LogP contribution in [-0.2, 0) is 28.5 Å². The number of rotatable bonds is 3. The number of hydrogen-bond acceptors (Lipinski definition) is 7. The molecule has 2 fully saturated rings. The standard InChI is InChI=1S/C30H42O7/c1-18-10-8-9-11-27-30(6,37-27)15-14-23(34-7)17-24(31)21(4)25(12-13-26-22(5)35-26)36-29(33)20(3)16-19(2)28(18)32/h8-10,12-16,19,21-27,31H,11,17H2,1-7H3/b9-8?,13-12+,15-14?,18-10?,20-16?/t19-,21+,22+,23+,24+,25+,26+,27+,30+/m0/s1. The van der Waals surface area contributed by atoms with Gasteiger partial charge in [0, 0.05) is 30.9 Å². The van der Waals surface area contributed by atoms with Crippen LogP contribution in [-0.4, -0.2) is 66.2 Å². The Hall–Kier alpha value is -2.32. The number of methoxy groups -OCH3 is 1. The van der Waals surface area contributed by atoms with Gasteiger partial charge in [0.1, 0.15) is 17.8 Å². The van der Waals surface area contributed by atoms with Crippen LogP contribution in [0.4, 0.5) is 0 Å². The van der Waals surface area contributed by atoms with Crippen LogP contribution < -0.4 is 0 Å². The molecule has 3 rings (SSSR count). The summed E-state index contributed by atoms with van der Waals surface area (Å²) in [5.41, 5.74) is 0.553. The minimum absolute atomic E-state index is 0.0240. The number of fused-ring (bicyclic) bond motifs is 1. The second-order valence-electron chi connectivity index (χ2n) is 10.7. The maximum Gasteiger partial charge on any atom is 0.334 e. The number of carbonyl (C=O) groups excluding carboxylic acids is 2. The van der Waals surface area contributed by atoms with Crippen molar-refractivity contribution in [3.8, 4) is 0 Å². The smallest absolute Gasteiger partial charge is 0.334 e. The molecule has 0 amide bonds. The highest BCUT2D eigenvalue weighted by Gasteiger charge is 2.49. The van der Waals surface area contributed by atoms with Crippen molar-refractivity contribution >= 4 is 11.8 Å². The van der Waals surface area contributed by atoms with E-state index in [1.807, 2.05) is 51.2 Å². The predicted octanol–water partition coefficient (Wildman–Crippen LogP) is 4.42. The van der Waals surface area contributed by atoms with Gasteiger partial charge in [-0.05, 0) is 45.8 Å². The summed E-state index contributed by atoms with van der Waals surface area (Å²) in [5.74, 6) is -1.48. The fourth-order valence-electron chi connectivity index (χ4n) is 4.46. The summed E-state index contributed by atoms with van der Waals surface area (Å²) in [6, 6.07) is 0. The summed E-state index contributed by atoms with van der Waals surface area (Å²) in [5, 5.41) is 11.1. The van der Waals surface area contributed by atoms with Gasteiger partial charge < -0.3 is 24.1 Å². The molecule has 37 heavy (non-hydrogen) atoms. The third-order valence-electron chi connectivity index (χ3n) is 7.47. The molecule has 7 nitrogen and oxygen atoms in total. The van der Waals surface area contributed by atoms with Gasteiger partial charge >= 0.3 is 5.97 Å². The van der Waals surface area contributed by atoms with E-state index in [0.717, 1.165) is 0 Å². The number of cyclic esters (lactones) is 1. The first kappa shape index (κ1) is 29.2. The van der Waals surface area contributed by atoms with E-state index < -0.39 is 35.6 Å². The molecule has 0 aromatic rings. The topological polar surface area (TPSA) is 97.9 Å². The van der Waals surface area contributed by atoms with E-state index in [2.05, 4.69) is 0 Å². The molecular weight excluding hydrogens is 472 g/mol. The number of epoxide rings is 2. The number of aliphatic hydroxyl groups is 1. The van der Waals surface area contributed by atoms with Gasteiger partial charge in [0.15, 0.2) is 5.78 Å². The van der Waals surface area contributed by atoms with Crippen molar-refractivity contribution in [2.75, 3.05) is 7.11 Å². The number of ether oxygens (including phenoxy) is 4. The highest BCUT2D eigenvalue weighted by molar-refractivity contribution is 5.99. The molecule has 2 saturated heterocycles. The first-order valence-electron chi connectivity index (χ1n) is 13.1. The van der Waals surface area contributed by atoms with E-state index in [-0.39, 0.29) is 30.2 Å². The van der Waals surface area contributed by atoms with Gasteiger partial charge in [0.2, 0.25) is 0 Å². The Labute approximate surface area is 220 Å². The fraction of sp³-hybridized carbons (Fsp3) is 0.600. The lowest BCUT2D eigenvalue weighted by Gasteiger charge is -2.27. The van der Waals surface area contributed by atoms with Crippen molar-refractivity contribution in [3.05, 3.63) is 59.8 Å². The first-order chi connectivity index (χ1) is 17.4. The van der Waals surface area contributed by atoms with E-state index in [1.54, 1.807) is 46.1 Å². The number of esters is 1. The molecule has 0 bridgehead atoms. The highest BCUT2D eigenvalue weighted by atomic mass is 16.6. The third kappa shape index (κ3) is 8.08. The maximum absolute atomic E-state index is 13.0. The van der Waals surface area contributed by atoms with Crippen molar-refractivity contribution in [1.82, 2.24) is 0 Å². The Balaban J connectivity index is 1.87. The molecule has 3 aliphatic rings. The second-order valence-corrected chi connectivity index (χ2v) is 10.7. The lowest BCUT2D eigenvalue weighted by Crippen LogP contribution is -2.35. The van der Waals surface area contributed by atoms with Crippen LogP contribution in [0.3, 0.4) is 0 Å². The Bertz CT molecular complexity index is 990. The van der Waals surface area contributed by atoms with Crippen LogP contribution in [0.2, 0.25) is 0 Å². The van der Waals surface area contributed by atoms with Crippen molar-refractivity contribution < 1.29 is 33.6 Å². The SMILES string of the molecule is CO[C@@H]1C=C[C@@]2(C)O[C@@H]2CC=CC=C(C)C(=O)[C@@H](C)C=C(C)C(=O)O[C@H](/C=C/[C@H]2O[C@@H]2C)[C@H](C)[C@H](O)C1. The molecule has 7 heteroatoms. The Morgan fingerprint density at radius 1 is 1.11 bits per heavy atom. The molecule has 3 heterocycles. The van der Waals surface area contributed by atoms with Gasteiger partial charge in [-0.15, -0.1) is 0 Å². The molecule has 0 radical (unpaired) electrons. The van der Waals surface area contributed by atoms with Crippen molar-refractivity contribution in [1.29, 1.82) is 0 Å². The van der Waals surface area contributed by atoms with Crippen LogP contribution in [0.1, 0.15) is 54.4 Å². The predicted molar refractivity (Wildman–Crippen MR) is 142 cm³/mol. The van der Waals surface area contributed by atoms with E-state index in [0.29, 0.717) is 24.0 Å². The van der Waals surface area contributed by atoms with Crippen molar-refractivity contribution in [3.63, 3.8) is 0 Å². The number of allylic oxidation sites excluding steroid dienone is 4. The molecule has 0 aromatic heterocycles. The second kappa shape index (κ2) is 12.5. The molecule has 0 saturated carbocycles. The Morgan fingerprint density at radius 2 is 1.78 bits per heavy atom. The first-order valence-corrected chi connectivity index (χ1v) is 13.1. The zero-order chi connectivity index (χ0) is 27.3. The van der Waals surface area contributed by atoms with Crippen LogP contribution >= 0.6 is 0 Å². The van der Waals surface area contributed by atoms with Crippen LogP contribution in [0.5, 0.6) is 0 Å². The van der Waals surface area contributed by atoms with Crippen LogP contribution in [0, 0.1) is 11.8 Å². The van der Waals surface area contributed by atoms with Crippen molar-refractivity contribution in [2.45, 2.75) is 96.6 Å². The Kier molecular flexibility index (Phi) is 9.86. The molecule has 3 aliphatic heterocycles. The van der Waals surface area contributed by atoms with Crippen molar-refractivity contribution in [2.24, 2.45) is 11.8 Å². The number of carbonyl (C=O) groups is 2. The minimum atomic E-state index is -0.801. The quantitative estimate of drug-likeness (QED) is 0.338. The van der Waals surface area contributed by atoms with Gasteiger partial charge in [-0.3, -0.25) is 4.79 Å².